The molecule has 0 radical (unpaired) electrons. The molecule has 3 atom stereocenters. The van der Waals surface area contributed by atoms with Crippen molar-refractivity contribution in [1.29, 1.82) is 0 Å². The lowest BCUT2D eigenvalue weighted by Crippen LogP contribution is -2.35. The standard InChI is InChI=1S/C20H21ClN4O3.BrH/c21-16-17-12(18(26)14(20(27)28)9-25(17)11-4-5-11)6-23-19(16)24-7-10-2-1-3-15(22)13(10)8-24;/h1,3,6,9-11,13,15H,2,4-5,7-8,22H2,(H,27,28);1H/t10-,13+,15-;/m1./s1. The van der Waals surface area contributed by atoms with E-state index in [0.717, 1.165) is 32.4 Å². The first-order valence-electron chi connectivity index (χ1n) is 9.59. The first-order chi connectivity index (χ1) is 13.5. The monoisotopic (exact) mass is 480 g/mol. The third-order valence-corrected chi connectivity index (χ3v) is 6.59. The zero-order valence-corrected chi connectivity index (χ0v) is 18.1. The molecule has 2 aromatic rings. The first-order valence-corrected chi connectivity index (χ1v) is 9.97. The van der Waals surface area contributed by atoms with Gasteiger partial charge in [0.25, 0.3) is 0 Å². The molecule has 1 saturated carbocycles. The summed E-state index contributed by atoms with van der Waals surface area (Å²) < 4.78 is 1.85. The molecule has 2 aliphatic carbocycles. The Kier molecular flexibility index (Phi) is 5.21. The van der Waals surface area contributed by atoms with E-state index in [4.69, 9.17) is 17.3 Å². The molecule has 2 fully saturated rings. The van der Waals surface area contributed by atoms with Gasteiger partial charge >= 0.3 is 5.97 Å². The number of carboxylic acid groups (broad SMARTS) is 1. The Hall–Kier alpha value is -1.90. The van der Waals surface area contributed by atoms with Crippen molar-refractivity contribution in [2.75, 3.05) is 18.0 Å². The highest BCUT2D eigenvalue weighted by Crippen LogP contribution is 2.42. The van der Waals surface area contributed by atoms with Crippen LogP contribution in [0.4, 0.5) is 5.82 Å². The molecule has 3 N–H and O–H groups in total. The van der Waals surface area contributed by atoms with Crippen LogP contribution >= 0.6 is 28.6 Å². The number of halogens is 2. The number of fused-ring (bicyclic) bond motifs is 2. The molecule has 0 bridgehead atoms. The number of nitrogens with two attached hydrogens (primary N) is 1. The minimum atomic E-state index is -1.23. The molecule has 29 heavy (non-hydrogen) atoms. The summed E-state index contributed by atoms with van der Waals surface area (Å²) in [5, 5.41) is 10.1. The van der Waals surface area contributed by atoms with Crippen molar-refractivity contribution in [2.24, 2.45) is 17.6 Å². The fourth-order valence-corrected chi connectivity index (χ4v) is 4.98. The van der Waals surface area contributed by atoms with Gasteiger partial charge in [-0.15, -0.1) is 17.0 Å². The van der Waals surface area contributed by atoms with Gasteiger partial charge in [-0.25, -0.2) is 9.78 Å². The summed E-state index contributed by atoms with van der Waals surface area (Å²) in [5.41, 5.74) is 6.06. The molecule has 2 aromatic heterocycles. The normalized spacial score (nSPS) is 25.7. The molecule has 3 heterocycles. The Labute approximate surface area is 182 Å². The predicted octanol–water partition coefficient (Wildman–Crippen LogP) is 3.00. The fourth-order valence-electron chi connectivity index (χ4n) is 4.62. The highest BCUT2D eigenvalue weighted by atomic mass is 79.9. The highest BCUT2D eigenvalue weighted by Gasteiger charge is 2.38. The van der Waals surface area contributed by atoms with Crippen molar-refractivity contribution < 1.29 is 9.90 Å². The Morgan fingerprint density at radius 2 is 2.07 bits per heavy atom. The van der Waals surface area contributed by atoms with Gasteiger partial charge in [0.15, 0.2) is 0 Å². The van der Waals surface area contributed by atoms with E-state index in [9.17, 15) is 14.7 Å². The molecule has 1 saturated heterocycles. The summed E-state index contributed by atoms with van der Waals surface area (Å²) in [6, 6.07) is 0.207. The van der Waals surface area contributed by atoms with E-state index < -0.39 is 11.4 Å². The number of nitrogens with zero attached hydrogens (tertiary/aromatic N) is 3. The highest BCUT2D eigenvalue weighted by molar-refractivity contribution is 8.93. The van der Waals surface area contributed by atoms with Crippen LogP contribution in [0.1, 0.15) is 35.7 Å². The number of hydrogen-bond donors (Lipinski definition) is 2. The summed E-state index contributed by atoms with van der Waals surface area (Å²) in [6.45, 7) is 1.59. The second-order valence-corrected chi connectivity index (χ2v) is 8.42. The molecule has 1 aliphatic heterocycles. The molecule has 5 rings (SSSR count). The number of pyridine rings is 2. The molecule has 154 valence electrons. The maximum absolute atomic E-state index is 12.7. The first kappa shape index (κ1) is 20.4. The number of allylic oxidation sites excluding steroid dienone is 1. The third-order valence-electron chi connectivity index (χ3n) is 6.24. The predicted molar refractivity (Wildman–Crippen MR) is 117 cm³/mol. The Morgan fingerprint density at radius 1 is 1.31 bits per heavy atom. The van der Waals surface area contributed by atoms with Gasteiger partial charge in [0, 0.05) is 37.6 Å². The van der Waals surface area contributed by atoms with Crippen LogP contribution in [0.25, 0.3) is 10.9 Å². The van der Waals surface area contributed by atoms with Crippen LogP contribution < -0.4 is 16.1 Å². The zero-order valence-electron chi connectivity index (χ0n) is 15.6. The van der Waals surface area contributed by atoms with Gasteiger partial charge in [-0.3, -0.25) is 4.79 Å². The van der Waals surface area contributed by atoms with E-state index in [-0.39, 0.29) is 40.0 Å². The average Bonchev–Trinajstić information content (AvgIpc) is 3.41. The molecule has 7 nitrogen and oxygen atoms in total. The Morgan fingerprint density at radius 3 is 2.72 bits per heavy atom. The molecule has 0 aromatic carbocycles. The van der Waals surface area contributed by atoms with Crippen LogP contribution in [-0.4, -0.2) is 39.8 Å². The van der Waals surface area contributed by atoms with Crippen LogP contribution in [0.3, 0.4) is 0 Å². The molecule has 0 amide bonds. The van der Waals surface area contributed by atoms with Gasteiger partial charge in [-0.2, -0.15) is 0 Å². The van der Waals surface area contributed by atoms with Crippen LogP contribution in [0, 0.1) is 11.8 Å². The summed E-state index contributed by atoms with van der Waals surface area (Å²) in [7, 11) is 0. The minimum Gasteiger partial charge on any atom is -0.477 e. The number of carboxylic acids is 1. The Bertz CT molecular complexity index is 1080. The number of anilines is 1. The van der Waals surface area contributed by atoms with Gasteiger partial charge in [-0.1, -0.05) is 23.8 Å². The smallest absolute Gasteiger partial charge is 0.341 e. The molecule has 0 spiro atoms. The molecular formula is C20H22BrClN4O3. The van der Waals surface area contributed by atoms with Gasteiger partial charge < -0.3 is 20.3 Å². The van der Waals surface area contributed by atoms with Crippen LogP contribution in [-0.2, 0) is 0 Å². The minimum absolute atomic E-state index is 0. The average molecular weight is 482 g/mol. The second-order valence-electron chi connectivity index (χ2n) is 8.04. The van der Waals surface area contributed by atoms with E-state index in [2.05, 4.69) is 22.0 Å². The van der Waals surface area contributed by atoms with Crippen molar-refractivity contribution in [2.45, 2.75) is 31.3 Å². The topological polar surface area (TPSA) is 101 Å². The summed E-state index contributed by atoms with van der Waals surface area (Å²) >= 11 is 6.78. The molecule has 3 aliphatic rings. The van der Waals surface area contributed by atoms with Gasteiger partial charge in [0.2, 0.25) is 5.43 Å². The third kappa shape index (κ3) is 3.27. The van der Waals surface area contributed by atoms with Crippen LogP contribution in [0.5, 0.6) is 0 Å². The lowest BCUT2D eigenvalue weighted by Gasteiger charge is -2.25. The van der Waals surface area contributed by atoms with Crippen LogP contribution in [0.2, 0.25) is 5.02 Å². The molecule has 0 unspecified atom stereocenters. The largest absolute Gasteiger partial charge is 0.477 e. The number of aromatic nitrogens is 2. The molecular weight excluding hydrogens is 460 g/mol. The quantitative estimate of drug-likeness (QED) is 0.654. The summed E-state index contributed by atoms with van der Waals surface area (Å²) in [6.07, 6.45) is 10.0. The van der Waals surface area contributed by atoms with E-state index in [1.54, 1.807) is 0 Å². The molecule has 9 heteroatoms. The maximum Gasteiger partial charge on any atom is 0.341 e. The van der Waals surface area contributed by atoms with E-state index >= 15 is 0 Å². The van der Waals surface area contributed by atoms with Crippen molar-refractivity contribution >= 4 is 51.3 Å². The SMILES string of the molecule is Br.N[C@@H]1C=CC[C@@H]2CN(c3ncc4c(=O)c(C(=O)O)cn(C5CC5)c4c3Cl)C[C@@H]21. The van der Waals surface area contributed by atoms with Crippen molar-refractivity contribution in [3.05, 3.63) is 45.4 Å². The zero-order chi connectivity index (χ0) is 19.6. The summed E-state index contributed by atoms with van der Waals surface area (Å²) in [5.74, 6) is 0.242. The van der Waals surface area contributed by atoms with Gasteiger partial charge in [-0.05, 0) is 31.1 Å². The fraction of sp³-hybridized carbons (Fsp3) is 0.450. The number of carbonyl (C=O) groups is 1. The van der Waals surface area contributed by atoms with Crippen molar-refractivity contribution in [1.82, 2.24) is 9.55 Å². The van der Waals surface area contributed by atoms with E-state index in [0.29, 0.717) is 28.2 Å². The Balaban J connectivity index is 0.00000205. The van der Waals surface area contributed by atoms with Crippen molar-refractivity contribution in [3.8, 4) is 0 Å². The maximum atomic E-state index is 12.7. The van der Waals surface area contributed by atoms with Gasteiger partial charge in [0.05, 0.1) is 10.9 Å². The number of aromatic carboxylic acids is 1. The summed E-state index contributed by atoms with van der Waals surface area (Å²) in [4.78, 5) is 30.8. The van der Waals surface area contributed by atoms with E-state index in [1.165, 1.54) is 12.4 Å². The lowest BCUT2D eigenvalue weighted by atomic mass is 9.83. The van der Waals surface area contributed by atoms with E-state index in [1.807, 2.05) is 4.57 Å². The number of hydrogen-bond acceptors (Lipinski definition) is 5. The van der Waals surface area contributed by atoms with Gasteiger partial charge in [0.1, 0.15) is 16.4 Å². The van der Waals surface area contributed by atoms with Crippen molar-refractivity contribution in [3.63, 3.8) is 0 Å². The second kappa shape index (κ2) is 7.41. The number of rotatable bonds is 3. The lowest BCUT2D eigenvalue weighted by molar-refractivity contribution is 0.0695. The van der Waals surface area contributed by atoms with Crippen LogP contribution in [0.15, 0.2) is 29.3 Å².